The van der Waals surface area contributed by atoms with Gasteiger partial charge in [-0.05, 0) is 43.5 Å². The minimum Gasteiger partial charge on any atom is -0.330 e. The van der Waals surface area contributed by atoms with E-state index in [1.54, 1.807) is 0 Å². The second-order valence-electron chi connectivity index (χ2n) is 3.97. The number of rotatable bonds is 4. The van der Waals surface area contributed by atoms with Crippen LogP contribution in [0.15, 0.2) is 24.3 Å². The molecule has 2 rings (SSSR count). The molecule has 14 heavy (non-hydrogen) atoms. The standard InChI is InChI=1S/C12H18N2/c13-6-3-7-14-12-8-10-4-1-2-5-11(10)9-12/h1-2,4-5,12,14H,3,6-9,13H2. The third kappa shape index (κ3) is 2.14. The summed E-state index contributed by atoms with van der Waals surface area (Å²) >= 11 is 0. The van der Waals surface area contributed by atoms with Crippen LogP contribution in [-0.4, -0.2) is 19.1 Å². The molecule has 0 bridgehead atoms. The zero-order chi connectivity index (χ0) is 9.80. The molecule has 0 fully saturated rings. The van der Waals surface area contributed by atoms with Crippen LogP contribution < -0.4 is 11.1 Å². The lowest BCUT2D eigenvalue weighted by atomic mass is 10.1. The van der Waals surface area contributed by atoms with Gasteiger partial charge in [0, 0.05) is 6.04 Å². The Bertz CT molecular complexity index is 271. The van der Waals surface area contributed by atoms with Gasteiger partial charge in [0.2, 0.25) is 0 Å². The first kappa shape index (κ1) is 9.69. The highest BCUT2D eigenvalue weighted by atomic mass is 14.9. The molecule has 2 heteroatoms. The van der Waals surface area contributed by atoms with Crippen molar-refractivity contribution in [3.8, 4) is 0 Å². The van der Waals surface area contributed by atoms with Gasteiger partial charge in [-0.15, -0.1) is 0 Å². The summed E-state index contributed by atoms with van der Waals surface area (Å²) in [6, 6.07) is 9.36. The van der Waals surface area contributed by atoms with Gasteiger partial charge < -0.3 is 11.1 Å². The Labute approximate surface area is 85.5 Å². The molecule has 0 saturated heterocycles. The van der Waals surface area contributed by atoms with E-state index >= 15 is 0 Å². The van der Waals surface area contributed by atoms with Crippen LogP contribution in [0.4, 0.5) is 0 Å². The predicted molar refractivity (Wildman–Crippen MR) is 59.3 cm³/mol. The van der Waals surface area contributed by atoms with E-state index in [-0.39, 0.29) is 0 Å². The molecule has 1 aromatic rings. The Morgan fingerprint density at radius 3 is 2.43 bits per heavy atom. The van der Waals surface area contributed by atoms with E-state index in [1.165, 1.54) is 24.0 Å². The van der Waals surface area contributed by atoms with Gasteiger partial charge in [-0.2, -0.15) is 0 Å². The van der Waals surface area contributed by atoms with Gasteiger partial charge in [-0.3, -0.25) is 0 Å². The van der Waals surface area contributed by atoms with Crippen molar-refractivity contribution in [3.63, 3.8) is 0 Å². The molecule has 0 saturated carbocycles. The summed E-state index contributed by atoms with van der Waals surface area (Å²) < 4.78 is 0. The highest BCUT2D eigenvalue weighted by Gasteiger charge is 2.19. The van der Waals surface area contributed by atoms with Gasteiger partial charge >= 0.3 is 0 Å². The van der Waals surface area contributed by atoms with Crippen LogP contribution in [0.25, 0.3) is 0 Å². The lowest BCUT2D eigenvalue weighted by Crippen LogP contribution is -2.31. The molecular formula is C12H18N2. The van der Waals surface area contributed by atoms with Crippen molar-refractivity contribution >= 4 is 0 Å². The number of nitrogens with two attached hydrogens (primary N) is 1. The van der Waals surface area contributed by atoms with E-state index in [9.17, 15) is 0 Å². The molecule has 0 unspecified atom stereocenters. The molecule has 0 aliphatic heterocycles. The van der Waals surface area contributed by atoms with Crippen LogP contribution in [0, 0.1) is 0 Å². The van der Waals surface area contributed by atoms with Crippen LogP contribution in [-0.2, 0) is 12.8 Å². The zero-order valence-corrected chi connectivity index (χ0v) is 8.50. The highest BCUT2D eigenvalue weighted by Crippen LogP contribution is 2.21. The molecule has 1 aliphatic carbocycles. The van der Waals surface area contributed by atoms with Gasteiger partial charge in [0.15, 0.2) is 0 Å². The third-order valence-corrected chi connectivity index (χ3v) is 2.86. The van der Waals surface area contributed by atoms with E-state index in [2.05, 4.69) is 29.6 Å². The minimum atomic E-state index is 0.638. The van der Waals surface area contributed by atoms with Crippen molar-refractivity contribution in [2.24, 2.45) is 5.73 Å². The Hall–Kier alpha value is -0.860. The highest BCUT2D eigenvalue weighted by molar-refractivity contribution is 5.33. The lowest BCUT2D eigenvalue weighted by Gasteiger charge is -2.10. The fraction of sp³-hybridized carbons (Fsp3) is 0.500. The Morgan fingerprint density at radius 1 is 1.21 bits per heavy atom. The average Bonchev–Trinajstić information content (AvgIpc) is 2.60. The van der Waals surface area contributed by atoms with Crippen molar-refractivity contribution in [2.45, 2.75) is 25.3 Å². The second kappa shape index (κ2) is 4.58. The van der Waals surface area contributed by atoms with E-state index < -0.39 is 0 Å². The number of fused-ring (bicyclic) bond motifs is 1. The van der Waals surface area contributed by atoms with Gasteiger partial charge in [0.25, 0.3) is 0 Å². The van der Waals surface area contributed by atoms with Crippen LogP contribution in [0.1, 0.15) is 17.5 Å². The van der Waals surface area contributed by atoms with Gasteiger partial charge in [-0.1, -0.05) is 24.3 Å². The maximum Gasteiger partial charge on any atom is 0.0148 e. The van der Waals surface area contributed by atoms with Gasteiger partial charge in [0.1, 0.15) is 0 Å². The molecule has 3 N–H and O–H groups in total. The quantitative estimate of drug-likeness (QED) is 0.698. The van der Waals surface area contributed by atoms with Crippen molar-refractivity contribution in [3.05, 3.63) is 35.4 Å². The van der Waals surface area contributed by atoms with E-state index in [1.807, 2.05) is 0 Å². The van der Waals surface area contributed by atoms with E-state index in [0.29, 0.717) is 6.04 Å². The lowest BCUT2D eigenvalue weighted by molar-refractivity contribution is 0.525. The van der Waals surface area contributed by atoms with Gasteiger partial charge in [-0.25, -0.2) is 0 Å². The SMILES string of the molecule is NCCCNC1Cc2ccccc2C1. The molecule has 1 aromatic carbocycles. The van der Waals surface area contributed by atoms with Crippen molar-refractivity contribution in [1.29, 1.82) is 0 Å². The molecule has 2 nitrogen and oxygen atoms in total. The molecule has 0 atom stereocenters. The second-order valence-corrected chi connectivity index (χ2v) is 3.97. The van der Waals surface area contributed by atoms with Gasteiger partial charge in [0.05, 0.1) is 0 Å². The predicted octanol–water partition coefficient (Wildman–Crippen LogP) is 1.09. The maximum atomic E-state index is 5.46. The molecule has 1 aliphatic rings. The monoisotopic (exact) mass is 190 g/mol. The fourth-order valence-electron chi connectivity index (χ4n) is 2.11. The van der Waals surface area contributed by atoms with E-state index in [4.69, 9.17) is 5.73 Å². The maximum absolute atomic E-state index is 5.46. The molecule has 0 radical (unpaired) electrons. The first-order chi connectivity index (χ1) is 6.90. The summed E-state index contributed by atoms with van der Waals surface area (Å²) in [7, 11) is 0. The summed E-state index contributed by atoms with van der Waals surface area (Å²) in [5, 5.41) is 3.55. The Kier molecular flexibility index (Phi) is 3.17. The van der Waals surface area contributed by atoms with E-state index in [0.717, 1.165) is 19.5 Å². The summed E-state index contributed by atoms with van der Waals surface area (Å²) in [5.41, 5.74) is 8.48. The number of hydrogen-bond acceptors (Lipinski definition) is 2. The van der Waals surface area contributed by atoms with Crippen LogP contribution in [0.5, 0.6) is 0 Å². The molecule has 0 heterocycles. The molecule has 0 aromatic heterocycles. The van der Waals surface area contributed by atoms with Crippen molar-refractivity contribution < 1.29 is 0 Å². The topological polar surface area (TPSA) is 38.0 Å². The average molecular weight is 190 g/mol. The van der Waals surface area contributed by atoms with Crippen LogP contribution in [0.3, 0.4) is 0 Å². The summed E-state index contributed by atoms with van der Waals surface area (Å²) in [6.45, 7) is 1.84. The summed E-state index contributed by atoms with van der Waals surface area (Å²) in [4.78, 5) is 0. The van der Waals surface area contributed by atoms with Crippen molar-refractivity contribution in [1.82, 2.24) is 5.32 Å². The Balaban J connectivity index is 1.86. The first-order valence-corrected chi connectivity index (χ1v) is 5.40. The fourth-order valence-corrected chi connectivity index (χ4v) is 2.11. The molecule has 0 spiro atoms. The minimum absolute atomic E-state index is 0.638. The number of nitrogens with one attached hydrogen (secondary N) is 1. The number of benzene rings is 1. The van der Waals surface area contributed by atoms with Crippen LogP contribution in [0.2, 0.25) is 0 Å². The molecule has 0 amide bonds. The zero-order valence-electron chi connectivity index (χ0n) is 8.50. The summed E-state index contributed by atoms with van der Waals surface area (Å²) in [5.74, 6) is 0. The first-order valence-electron chi connectivity index (χ1n) is 5.40. The number of hydrogen-bond donors (Lipinski definition) is 2. The largest absolute Gasteiger partial charge is 0.330 e. The van der Waals surface area contributed by atoms with Crippen LogP contribution >= 0.6 is 0 Å². The third-order valence-electron chi connectivity index (χ3n) is 2.86. The van der Waals surface area contributed by atoms with Crippen molar-refractivity contribution in [2.75, 3.05) is 13.1 Å². The smallest absolute Gasteiger partial charge is 0.0148 e. The molecular weight excluding hydrogens is 172 g/mol. The normalized spacial score (nSPS) is 15.8. The Morgan fingerprint density at radius 2 is 1.86 bits per heavy atom. The summed E-state index contributed by atoms with van der Waals surface area (Å²) in [6.07, 6.45) is 3.44. The molecule has 76 valence electrons.